The van der Waals surface area contributed by atoms with Crippen LogP contribution in [-0.4, -0.2) is 43.0 Å². The third kappa shape index (κ3) is 3.87. The minimum absolute atomic E-state index is 0.0204. The first-order valence-electron chi connectivity index (χ1n) is 7.93. The molecule has 0 aliphatic heterocycles. The molecule has 1 amide bonds. The molecule has 2 rings (SSSR count). The second-order valence-corrected chi connectivity index (χ2v) is 5.55. The van der Waals surface area contributed by atoms with Crippen molar-refractivity contribution in [2.75, 3.05) is 11.9 Å². The Balaban J connectivity index is 2.07. The third-order valence-corrected chi connectivity index (χ3v) is 3.77. The molecule has 2 aromatic heterocycles. The number of aryl methyl sites for hydroxylation is 3. The van der Waals surface area contributed by atoms with Crippen LogP contribution in [0.3, 0.4) is 0 Å². The van der Waals surface area contributed by atoms with E-state index in [2.05, 4.69) is 15.5 Å². The fraction of sp³-hybridized carbons (Fsp3) is 0.467. The van der Waals surface area contributed by atoms with Gasteiger partial charge < -0.3 is 10.1 Å². The number of esters is 1. The summed E-state index contributed by atoms with van der Waals surface area (Å²) < 4.78 is 7.70. The molecule has 2 aromatic rings. The number of ether oxygens (including phenoxy) is 1. The van der Waals surface area contributed by atoms with Gasteiger partial charge in [-0.05, 0) is 20.8 Å². The van der Waals surface area contributed by atoms with E-state index in [1.165, 1.54) is 15.6 Å². The maximum Gasteiger partial charge on any atom is 0.343 e. The van der Waals surface area contributed by atoms with Crippen LogP contribution in [0, 0.1) is 24.0 Å². The minimum Gasteiger partial charge on any atom is -0.462 e. The number of nitrogens with one attached hydrogen (secondary N) is 1. The first-order valence-corrected chi connectivity index (χ1v) is 7.93. The second-order valence-electron chi connectivity index (χ2n) is 5.55. The van der Waals surface area contributed by atoms with E-state index in [1.54, 1.807) is 27.8 Å². The Hall–Kier alpha value is -3.24. The maximum absolute atomic E-state index is 12.2. The first-order chi connectivity index (χ1) is 12.3. The van der Waals surface area contributed by atoms with Gasteiger partial charge >= 0.3 is 11.7 Å². The number of hydrogen-bond acceptors (Lipinski definition) is 7. The number of carbonyl (C=O) groups is 2. The highest BCUT2D eigenvalue weighted by Gasteiger charge is 2.23. The van der Waals surface area contributed by atoms with Crippen LogP contribution < -0.4 is 5.32 Å². The van der Waals surface area contributed by atoms with Crippen LogP contribution in [-0.2, 0) is 23.1 Å². The molecule has 2 heterocycles. The molecule has 0 aromatic carbocycles. The van der Waals surface area contributed by atoms with Crippen molar-refractivity contribution in [3.8, 4) is 0 Å². The molecule has 0 fully saturated rings. The van der Waals surface area contributed by atoms with Gasteiger partial charge in [-0.25, -0.2) is 4.79 Å². The van der Waals surface area contributed by atoms with Crippen LogP contribution in [0.25, 0.3) is 0 Å². The van der Waals surface area contributed by atoms with Crippen LogP contribution in [0.15, 0.2) is 6.20 Å². The van der Waals surface area contributed by atoms with Crippen molar-refractivity contribution in [2.45, 2.75) is 33.7 Å². The molecule has 0 bridgehead atoms. The van der Waals surface area contributed by atoms with Gasteiger partial charge in [0, 0.05) is 13.5 Å². The van der Waals surface area contributed by atoms with E-state index >= 15 is 0 Å². The molecule has 0 aliphatic rings. The number of nitrogens with zero attached hydrogens (tertiary/aromatic N) is 5. The summed E-state index contributed by atoms with van der Waals surface area (Å²) in [5, 5.41) is 21.7. The van der Waals surface area contributed by atoms with Crippen LogP contribution in [0.5, 0.6) is 0 Å². The van der Waals surface area contributed by atoms with E-state index in [1.807, 2.05) is 0 Å². The van der Waals surface area contributed by atoms with E-state index in [9.17, 15) is 19.7 Å². The molecule has 11 nitrogen and oxygen atoms in total. The van der Waals surface area contributed by atoms with Gasteiger partial charge in [0.05, 0.1) is 24.3 Å². The highest BCUT2D eigenvalue weighted by Crippen LogP contribution is 2.22. The number of anilines is 1. The van der Waals surface area contributed by atoms with Crippen molar-refractivity contribution in [1.29, 1.82) is 0 Å². The summed E-state index contributed by atoms with van der Waals surface area (Å²) in [7, 11) is 1.59. The topological polar surface area (TPSA) is 134 Å². The summed E-state index contributed by atoms with van der Waals surface area (Å²) >= 11 is 0. The molecule has 0 spiro atoms. The molecular formula is C15H20N6O5. The first kappa shape index (κ1) is 19.1. The number of aromatic nitrogens is 4. The molecule has 0 saturated heterocycles. The fourth-order valence-electron chi connectivity index (χ4n) is 2.52. The van der Waals surface area contributed by atoms with E-state index in [-0.39, 0.29) is 42.5 Å². The summed E-state index contributed by atoms with van der Waals surface area (Å²) in [6, 6.07) is 0. The van der Waals surface area contributed by atoms with Gasteiger partial charge in [0.2, 0.25) is 5.91 Å². The number of nitro groups is 1. The standard InChI is InChI=1S/C15H20N6O5/c1-5-26-15(23)11-8-16-19(4)14(11)17-12(22)6-7-20-10(3)13(21(24)25)9(2)18-20/h8H,5-7H2,1-4H3,(H,17,22). The summed E-state index contributed by atoms with van der Waals surface area (Å²) in [5.41, 5.74) is 0.781. The lowest BCUT2D eigenvalue weighted by Gasteiger charge is -2.08. The Morgan fingerprint density at radius 3 is 2.65 bits per heavy atom. The molecule has 0 saturated carbocycles. The maximum atomic E-state index is 12.2. The van der Waals surface area contributed by atoms with Gasteiger partial charge in [-0.2, -0.15) is 10.2 Å². The zero-order chi connectivity index (χ0) is 19.4. The quantitative estimate of drug-likeness (QED) is 0.445. The van der Waals surface area contributed by atoms with E-state index < -0.39 is 10.9 Å². The molecule has 0 atom stereocenters. The normalized spacial score (nSPS) is 10.6. The molecule has 0 aliphatic carbocycles. The van der Waals surface area contributed by atoms with Crippen molar-refractivity contribution in [3.63, 3.8) is 0 Å². The Labute approximate surface area is 149 Å². The lowest BCUT2D eigenvalue weighted by molar-refractivity contribution is -0.386. The van der Waals surface area contributed by atoms with Gasteiger partial charge in [0.25, 0.3) is 0 Å². The van der Waals surface area contributed by atoms with Gasteiger partial charge in [0.15, 0.2) is 0 Å². The predicted molar refractivity (Wildman–Crippen MR) is 90.8 cm³/mol. The van der Waals surface area contributed by atoms with Crippen molar-refractivity contribution >= 4 is 23.4 Å². The molecule has 1 N–H and O–H groups in total. The number of rotatable bonds is 7. The average Bonchev–Trinajstić information content (AvgIpc) is 3.05. The van der Waals surface area contributed by atoms with E-state index in [0.29, 0.717) is 11.4 Å². The monoisotopic (exact) mass is 364 g/mol. The Morgan fingerprint density at radius 2 is 2.08 bits per heavy atom. The number of hydrogen-bond donors (Lipinski definition) is 1. The van der Waals surface area contributed by atoms with Crippen LogP contribution in [0.1, 0.15) is 35.1 Å². The van der Waals surface area contributed by atoms with Gasteiger partial charge in [-0.15, -0.1) is 0 Å². The Bertz CT molecular complexity index is 853. The lowest BCUT2D eigenvalue weighted by atomic mass is 10.3. The summed E-state index contributed by atoms with van der Waals surface area (Å²) in [5.74, 6) is -0.729. The molecular weight excluding hydrogens is 344 g/mol. The SMILES string of the molecule is CCOC(=O)c1cnn(C)c1NC(=O)CCn1nc(C)c([N+](=O)[O-])c1C. The van der Waals surface area contributed by atoms with E-state index in [0.717, 1.165) is 0 Å². The summed E-state index contributed by atoms with van der Waals surface area (Å²) in [4.78, 5) is 34.6. The highest BCUT2D eigenvalue weighted by molar-refractivity contribution is 6.00. The fourth-order valence-corrected chi connectivity index (χ4v) is 2.52. The number of amides is 1. The lowest BCUT2D eigenvalue weighted by Crippen LogP contribution is -2.19. The smallest absolute Gasteiger partial charge is 0.343 e. The molecule has 0 radical (unpaired) electrons. The van der Waals surface area contributed by atoms with Crippen LogP contribution in [0.4, 0.5) is 11.5 Å². The zero-order valence-electron chi connectivity index (χ0n) is 15.0. The van der Waals surface area contributed by atoms with E-state index in [4.69, 9.17) is 4.74 Å². The van der Waals surface area contributed by atoms with Gasteiger partial charge in [-0.3, -0.25) is 24.3 Å². The second kappa shape index (κ2) is 7.76. The van der Waals surface area contributed by atoms with Crippen molar-refractivity contribution in [1.82, 2.24) is 19.6 Å². The third-order valence-electron chi connectivity index (χ3n) is 3.77. The molecule has 0 unspecified atom stereocenters. The Morgan fingerprint density at radius 1 is 1.38 bits per heavy atom. The predicted octanol–water partition coefficient (Wildman–Crippen LogP) is 1.35. The van der Waals surface area contributed by atoms with Crippen LogP contribution in [0.2, 0.25) is 0 Å². The van der Waals surface area contributed by atoms with Crippen molar-refractivity contribution in [3.05, 3.63) is 33.3 Å². The highest BCUT2D eigenvalue weighted by atomic mass is 16.6. The molecule has 140 valence electrons. The van der Waals surface area contributed by atoms with Crippen molar-refractivity contribution in [2.24, 2.45) is 7.05 Å². The molecule has 26 heavy (non-hydrogen) atoms. The summed E-state index contributed by atoms with van der Waals surface area (Å²) in [6.45, 7) is 5.18. The summed E-state index contributed by atoms with van der Waals surface area (Å²) in [6.07, 6.45) is 1.34. The minimum atomic E-state index is -0.579. The Kier molecular flexibility index (Phi) is 5.70. The van der Waals surface area contributed by atoms with Gasteiger partial charge in [0.1, 0.15) is 22.8 Å². The van der Waals surface area contributed by atoms with Gasteiger partial charge in [-0.1, -0.05) is 0 Å². The largest absolute Gasteiger partial charge is 0.462 e. The molecule has 11 heteroatoms. The van der Waals surface area contributed by atoms with Crippen LogP contribution >= 0.6 is 0 Å². The number of carbonyl (C=O) groups excluding carboxylic acids is 2. The average molecular weight is 364 g/mol. The van der Waals surface area contributed by atoms with Crippen molar-refractivity contribution < 1.29 is 19.2 Å². The zero-order valence-corrected chi connectivity index (χ0v) is 15.0.